The maximum Gasteiger partial charge on any atom is 0.343 e. The summed E-state index contributed by atoms with van der Waals surface area (Å²) in [6.07, 6.45) is 0.751. The number of hydrogen-bond acceptors (Lipinski definition) is 10. The smallest absolute Gasteiger partial charge is 0.343 e. The van der Waals surface area contributed by atoms with Crippen LogP contribution in [0.1, 0.15) is 34.6 Å². The monoisotopic (exact) mass is 556 g/mol. The zero-order valence-corrected chi connectivity index (χ0v) is 23.6. The molecule has 0 saturated heterocycles. The second kappa shape index (κ2) is 12.3. The number of thiazole rings is 1. The van der Waals surface area contributed by atoms with E-state index in [-0.39, 0.29) is 5.37 Å². The van der Waals surface area contributed by atoms with Gasteiger partial charge >= 0.3 is 5.97 Å². The molecule has 0 radical (unpaired) electrons. The van der Waals surface area contributed by atoms with Crippen molar-refractivity contribution in [2.45, 2.75) is 37.6 Å². The van der Waals surface area contributed by atoms with Crippen LogP contribution in [0, 0.1) is 6.92 Å². The SMILES string of the molecule is CCN(CC)c1ccc(N=Nc2nc3c(s2)CC(N=Nc2ccc(OC(=O)c4ccc(C)cc4)cc2)S3)cc1. The molecule has 1 aromatic heterocycles. The molecule has 0 N–H and O–H groups in total. The first-order valence-electron chi connectivity index (χ1n) is 12.7. The normalized spacial score (nSPS) is 14.7. The Morgan fingerprint density at radius 2 is 1.59 bits per heavy atom. The summed E-state index contributed by atoms with van der Waals surface area (Å²) in [6, 6.07) is 22.4. The van der Waals surface area contributed by atoms with Crippen molar-refractivity contribution in [2.24, 2.45) is 20.5 Å². The van der Waals surface area contributed by atoms with Gasteiger partial charge in [-0.3, -0.25) is 0 Å². The highest BCUT2D eigenvalue weighted by Crippen LogP contribution is 2.43. The number of thioether (sulfide) groups is 1. The van der Waals surface area contributed by atoms with Gasteiger partial charge in [-0.05, 0) is 81.4 Å². The van der Waals surface area contributed by atoms with Crippen molar-refractivity contribution in [1.29, 1.82) is 0 Å². The molecule has 2 heterocycles. The lowest BCUT2D eigenvalue weighted by Crippen LogP contribution is -2.21. The number of aryl methyl sites for hydroxylation is 1. The number of azo groups is 2. The zero-order valence-electron chi connectivity index (χ0n) is 21.9. The number of fused-ring (bicyclic) bond motifs is 1. The van der Waals surface area contributed by atoms with E-state index in [1.807, 2.05) is 31.2 Å². The second-order valence-corrected chi connectivity index (χ2v) is 11.1. The van der Waals surface area contributed by atoms with Gasteiger partial charge in [0.05, 0.1) is 16.9 Å². The van der Waals surface area contributed by atoms with Crippen LogP contribution in [0.3, 0.4) is 0 Å². The van der Waals surface area contributed by atoms with Crippen molar-refractivity contribution in [3.05, 3.63) is 88.8 Å². The zero-order chi connectivity index (χ0) is 27.2. The number of aromatic nitrogens is 1. The van der Waals surface area contributed by atoms with Crippen LogP contribution in [0.4, 0.5) is 22.2 Å². The minimum Gasteiger partial charge on any atom is -0.423 e. The van der Waals surface area contributed by atoms with Gasteiger partial charge in [0, 0.05) is 30.1 Å². The molecule has 0 fully saturated rings. The average Bonchev–Trinajstić information content (AvgIpc) is 3.52. The Morgan fingerprint density at radius 3 is 2.26 bits per heavy atom. The topological polar surface area (TPSA) is 91.9 Å². The molecule has 0 saturated carbocycles. The summed E-state index contributed by atoms with van der Waals surface area (Å²) in [6.45, 7) is 8.21. The largest absolute Gasteiger partial charge is 0.423 e. The van der Waals surface area contributed by atoms with Gasteiger partial charge in [0.1, 0.15) is 16.1 Å². The van der Waals surface area contributed by atoms with Gasteiger partial charge < -0.3 is 9.64 Å². The second-order valence-electron chi connectivity index (χ2n) is 8.85. The number of benzene rings is 3. The summed E-state index contributed by atoms with van der Waals surface area (Å²) < 4.78 is 5.45. The standard InChI is InChI=1S/C29H28N6O2S2/c1-4-35(5-2)23-14-10-21(11-15-23)32-34-29-30-27-25(38-29)18-26(39-27)33-31-22-12-16-24(17-13-22)37-28(36)20-8-6-19(3)7-9-20/h6-17,26H,4-5,18H2,1-3H3. The van der Waals surface area contributed by atoms with Crippen LogP contribution in [0.5, 0.6) is 5.75 Å². The van der Waals surface area contributed by atoms with Crippen LogP contribution in [0.2, 0.25) is 0 Å². The van der Waals surface area contributed by atoms with E-state index in [9.17, 15) is 4.79 Å². The average molecular weight is 557 g/mol. The van der Waals surface area contributed by atoms with E-state index in [4.69, 9.17) is 4.74 Å². The fourth-order valence-electron chi connectivity index (χ4n) is 3.97. The lowest BCUT2D eigenvalue weighted by Gasteiger charge is -2.20. The Kier molecular flexibility index (Phi) is 8.43. The summed E-state index contributed by atoms with van der Waals surface area (Å²) in [5, 5.41) is 19.1. The molecule has 0 aliphatic carbocycles. The molecule has 3 aromatic carbocycles. The Labute approximate surface area is 235 Å². The van der Waals surface area contributed by atoms with Gasteiger partial charge in [-0.2, -0.15) is 10.2 Å². The van der Waals surface area contributed by atoms with E-state index in [0.717, 1.165) is 40.7 Å². The number of nitrogens with zero attached hydrogens (tertiary/aromatic N) is 6. The third-order valence-electron chi connectivity index (χ3n) is 6.12. The summed E-state index contributed by atoms with van der Waals surface area (Å²) in [5.74, 6) is 0.0696. The first-order valence-corrected chi connectivity index (χ1v) is 14.4. The number of ether oxygens (including phenoxy) is 1. The molecule has 4 aromatic rings. The predicted molar refractivity (Wildman–Crippen MR) is 157 cm³/mol. The van der Waals surface area contributed by atoms with Crippen molar-refractivity contribution >= 4 is 51.3 Å². The van der Waals surface area contributed by atoms with E-state index in [0.29, 0.717) is 22.1 Å². The first-order chi connectivity index (χ1) is 19.0. The van der Waals surface area contributed by atoms with Crippen LogP contribution in [-0.2, 0) is 6.42 Å². The van der Waals surface area contributed by atoms with Gasteiger partial charge in [-0.1, -0.05) is 40.8 Å². The molecule has 0 bridgehead atoms. The van der Waals surface area contributed by atoms with E-state index in [1.54, 1.807) is 48.2 Å². The first kappa shape index (κ1) is 26.7. The van der Waals surface area contributed by atoms with E-state index in [1.165, 1.54) is 17.0 Å². The number of carbonyl (C=O) groups excluding carboxylic acids is 1. The lowest BCUT2D eigenvalue weighted by atomic mass is 10.1. The molecule has 10 heteroatoms. The van der Waals surface area contributed by atoms with Gasteiger partial charge in [0.15, 0.2) is 0 Å². The van der Waals surface area contributed by atoms with E-state index in [2.05, 4.69) is 56.3 Å². The lowest BCUT2D eigenvalue weighted by molar-refractivity contribution is 0.0735. The highest BCUT2D eigenvalue weighted by molar-refractivity contribution is 8.00. The molecule has 1 atom stereocenters. The Morgan fingerprint density at radius 1 is 0.923 bits per heavy atom. The van der Waals surface area contributed by atoms with Gasteiger partial charge in [-0.25, -0.2) is 9.78 Å². The number of esters is 1. The molecule has 5 rings (SSSR count). The van der Waals surface area contributed by atoms with E-state index >= 15 is 0 Å². The quantitative estimate of drug-likeness (QED) is 0.117. The van der Waals surface area contributed by atoms with E-state index < -0.39 is 5.97 Å². The third-order valence-corrected chi connectivity index (χ3v) is 8.31. The fraction of sp³-hybridized carbons (Fsp3) is 0.241. The molecule has 1 aliphatic rings. The fourth-order valence-corrected chi connectivity index (χ4v) is 6.17. The molecule has 0 spiro atoms. The summed E-state index contributed by atoms with van der Waals surface area (Å²) in [5.41, 5.74) is 4.28. The molecule has 1 aliphatic heterocycles. The van der Waals surface area contributed by atoms with Gasteiger partial charge in [0.25, 0.3) is 0 Å². The van der Waals surface area contributed by atoms with Crippen LogP contribution >= 0.6 is 23.1 Å². The van der Waals surface area contributed by atoms with Crippen LogP contribution in [-0.4, -0.2) is 29.4 Å². The minimum atomic E-state index is -0.391. The number of rotatable bonds is 9. The van der Waals surface area contributed by atoms with Crippen LogP contribution in [0.15, 0.2) is 98.3 Å². The number of anilines is 1. The van der Waals surface area contributed by atoms with Crippen molar-refractivity contribution in [3.8, 4) is 5.75 Å². The summed E-state index contributed by atoms with van der Waals surface area (Å²) in [7, 11) is 0. The highest BCUT2D eigenvalue weighted by atomic mass is 32.2. The maximum absolute atomic E-state index is 12.3. The molecule has 8 nitrogen and oxygen atoms in total. The molecule has 0 amide bonds. The van der Waals surface area contributed by atoms with Gasteiger partial charge in [0.2, 0.25) is 5.13 Å². The van der Waals surface area contributed by atoms with Crippen molar-refractivity contribution in [3.63, 3.8) is 0 Å². The molecule has 1 unspecified atom stereocenters. The highest BCUT2D eigenvalue weighted by Gasteiger charge is 2.26. The maximum atomic E-state index is 12.3. The van der Waals surface area contributed by atoms with Gasteiger partial charge in [-0.15, -0.1) is 10.2 Å². The molecular formula is C29H28N6O2S2. The van der Waals surface area contributed by atoms with Crippen molar-refractivity contribution in [1.82, 2.24) is 4.98 Å². The Hall–Kier alpha value is -3.89. The van der Waals surface area contributed by atoms with Crippen LogP contribution < -0.4 is 9.64 Å². The minimum absolute atomic E-state index is 0.0311. The third kappa shape index (κ3) is 6.76. The number of hydrogen-bond donors (Lipinski definition) is 0. The summed E-state index contributed by atoms with van der Waals surface area (Å²) >= 11 is 3.12. The predicted octanol–water partition coefficient (Wildman–Crippen LogP) is 8.69. The Bertz CT molecular complexity index is 1450. The molecular weight excluding hydrogens is 528 g/mol. The van der Waals surface area contributed by atoms with Crippen molar-refractivity contribution < 1.29 is 9.53 Å². The Balaban J connectivity index is 1.13. The van der Waals surface area contributed by atoms with Crippen molar-refractivity contribution in [2.75, 3.05) is 18.0 Å². The summed E-state index contributed by atoms with van der Waals surface area (Å²) in [4.78, 5) is 20.3. The number of carbonyl (C=O) groups is 1. The molecule has 198 valence electrons. The molecule has 39 heavy (non-hydrogen) atoms. The van der Waals surface area contributed by atoms with Crippen LogP contribution in [0.25, 0.3) is 0 Å².